The van der Waals surface area contributed by atoms with Gasteiger partial charge >= 0.3 is 0 Å². The second kappa shape index (κ2) is 14.7. The van der Waals surface area contributed by atoms with Gasteiger partial charge in [-0.05, 0) is 55.4 Å². The number of hydrogen-bond acceptors (Lipinski definition) is 8. The van der Waals surface area contributed by atoms with Crippen molar-refractivity contribution in [2.24, 2.45) is 23.5 Å². The van der Waals surface area contributed by atoms with Gasteiger partial charge in [-0.15, -0.1) is 0 Å². The van der Waals surface area contributed by atoms with Gasteiger partial charge in [0, 0.05) is 17.4 Å². The van der Waals surface area contributed by atoms with Gasteiger partial charge in [0.1, 0.15) is 12.1 Å². The Balaban J connectivity index is 2.57. The van der Waals surface area contributed by atoms with Crippen LogP contribution in [0, 0.1) is 17.8 Å². The molecular weight excluding hydrogens is 536 g/mol. The van der Waals surface area contributed by atoms with Crippen LogP contribution in [0.2, 0.25) is 0 Å². The number of nitrogens with zero attached hydrogens (tertiary/aromatic N) is 2. The van der Waals surface area contributed by atoms with E-state index in [1.54, 1.807) is 58.0 Å². The van der Waals surface area contributed by atoms with E-state index >= 15 is 0 Å². The molecule has 3 amide bonds. The van der Waals surface area contributed by atoms with Crippen LogP contribution in [0.15, 0.2) is 48.8 Å². The highest BCUT2D eigenvalue weighted by molar-refractivity contribution is 6.22. The van der Waals surface area contributed by atoms with Gasteiger partial charge in [0.25, 0.3) is 5.91 Å². The molecule has 11 nitrogen and oxygen atoms in total. The number of pyridine rings is 1. The molecule has 0 aliphatic heterocycles. The number of rotatable bonds is 14. The fourth-order valence-corrected chi connectivity index (χ4v) is 4.69. The lowest BCUT2D eigenvalue weighted by Gasteiger charge is -2.41. The van der Waals surface area contributed by atoms with Crippen molar-refractivity contribution in [1.29, 1.82) is 0 Å². The summed E-state index contributed by atoms with van der Waals surface area (Å²) < 4.78 is 0. The Morgan fingerprint density at radius 2 is 1.57 bits per heavy atom. The number of carbonyl (C=O) groups excluding carboxylic acids is 5. The van der Waals surface area contributed by atoms with Crippen LogP contribution in [-0.4, -0.2) is 58.4 Å². The van der Waals surface area contributed by atoms with E-state index in [1.807, 2.05) is 13.8 Å². The number of nitrogens with one attached hydrogen (secondary N) is 2. The summed E-state index contributed by atoms with van der Waals surface area (Å²) in [6.07, 6.45) is 3.31. The van der Waals surface area contributed by atoms with Gasteiger partial charge in [0.2, 0.25) is 11.8 Å². The second-order valence-electron chi connectivity index (χ2n) is 11.7. The predicted molar refractivity (Wildman–Crippen MR) is 162 cm³/mol. The minimum atomic E-state index is -2.00. The predicted octanol–water partition coefficient (Wildman–Crippen LogP) is 2.49. The van der Waals surface area contributed by atoms with Crippen LogP contribution in [0.5, 0.6) is 0 Å². The van der Waals surface area contributed by atoms with Crippen molar-refractivity contribution in [3.63, 3.8) is 0 Å². The number of nitrogen functional groups attached to an aromatic ring is 1. The summed E-state index contributed by atoms with van der Waals surface area (Å²) in [4.78, 5) is 72.7. The molecule has 2 rings (SSSR count). The Morgan fingerprint density at radius 3 is 2.07 bits per heavy atom. The molecule has 0 spiro atoms. The maximum Gasteiger partial charge on any atom is 0.250 e. The number of carbonyl (C=O) groups is 5. The average molecular weight is 581 g/mol. The third-order valence-electron chi connectivity index (χ3n) is 7.03. The van der Waals surface area contributed by atoms with Gasteiger partial charge in [0.15, 0.2) is 17.6 Å². The molecule has 0 aliphatic carbocycles. The molecule has 0 aliphatic rings. The van der Waals surface area contributed by atoms with Crippen LogP contribution in [-0.2, 0) is 19.2 Å². The van der Waals surface area contributed by atoms with E-state index in [1.165, 1.54) is 25.4 Å². The fourth-order valence-electron chi connectivity index (χ4n) is 4.69. The first kappa shape index (κ1) is 34.1. The monoisotopic (exact) mass is 580 g/mol. The van der Waals surface area contributed by atoms with Gasteiger partial charge in [-0.25, -0.2) is 0 Å². The van der Waals surface area contributed by atoms with Crippen LogP contribution < -0.4 is 27.0 Å². The van der Waals surface area contributed by atoms with Crippen molar-refractivity contribution in [3.05, 3.63) is 54.4 Å². The van der Waals surface area contributed by atoms with Gasteiger partial charge in [-0.3, -0.25) is 29.1 Å². The number of benzene rings is 1. The van der Waals surface area contributed by atoms with Crippen LogP contribution in [0.1, 0.15) is 65.2 Å². The lowest BCUT2D eigenvalue weighted by atomic mass is 9.80. The van der Waals surface area contributed by atoms with Gasteiger partial charge in [-0.1, -0.05) is 53.7 Å². The van der Waals surface area contributed by atoms with E-state index in [4.69, 9.17) is 11.5 Å². The first-order valence-corrected chi connectivity index (χ1v) is 14.1. The molecule has 228 valence electrons. The molecule has 42 heavy (non-hydrogen) atoms. The van der Waals surface area contributed by atoms with E-state index < -0.39 is 47.2 Å². The molecule has 2 aromatic rings. The van der Waals surface area contributed by atoms with Crippen molar-refractivity contribution < 1.29 is 24.0 Å². The molecular formula is C31H44N6O5. The van der Waals surface area contributed by atoms with E-state index in [0.717, 1.165) is 4.90 Å². The summed E-state index contributed by atoms with van der Waals surface area (Å²) in [5.74, 6) is -3.16. The number of aldehydes is 1. The molecule has 6 N–H and O–H groups in total. The summed E-state index contributed by atoms with van der Waals surface area (Å²) in [5.41, 5.74) is 10.5. The number of Topliss-reactive ketones (excluding diaryl/α,β-unsaturated/α-hetero) is 1. The molecule has 0 saturated carbocycles. The maximum atomic E-state index is 14.2. The Kier molecular flexibility index (Phi) is 11.9. The first-order chi connectivity index (χ1) is 19.7. The van der Waals surface area contributed by atoms with Crippen molar-refractivity contribution >= 4 is 41.2 Å². The quantitative estimate of drug-likeness (QED) is 0.114. The Hall–Kier alpha value is -4.12. The maximum absolute atomic E-state index is 14.2. The Bertz CT molecular complexity index is 1270. The summed E-state index contributed by atoms with van der Waals surface area (Å²) in [6, 6.07) is 6.46. The molecule has 0 unspecified atom stereocenters. The van der Waals surface area contributed by atoms with Gasteiger partial charge in [0.05, 0.1) is 17.9 Å². The van der Waals surface area contributed by atoms with Crippen LogP contribution >= 0.6 is 0 Å². The normalized spacial score (nSPS) is 14.9. The molecule has 0 bridgehead atoms. The topological polar surface area (TPSA) is 178 Å². The molecule has 4 atom stereocenters. The van der Waals surface area contributed by atoms with Crippen molar-refractivity contribution in [3.8, 4) is 0 Å². The summed E-state index contributed by atoms with van der Waals surface area (Å²) in [7, 11) is 0. The summed E-state index contributed by atoms with van der Waals surface area (Å²) in [6.45, 7) is 12.2. The number of aromatic nitrogens is 1. The minimum Gasteiger partial charge on any atom is -0.398 e. The summed E-state index contributed by atoms with van der Waals surface area (Å²) in [5, 5.41) is 5.35. The highest BCUT2D eigenvalue weighted by Gasteiger charge is 2.49. The number of hydrogen-bond donors (Lipinski definition) is 4. The largest absolute Gasteiger partial charge is 0.398 e. The smallest absolute Gasteiger partial charge is 0.250 e. The van der Waals surface area contributed by atoms with Gasteiger partial charge in [-0.2, -0.15) is 0 Å². The number of anilines is 2. The number of nitrogens with two attached hydrogens (primary N) is 2. The zero-order valence-electron chi connectivity index (χ0n) is 25.5. The minimum absolute atomic E-state index is 0.0251. The van der Waals surface area contributed by atoms with Crippen molar-refractivity contribution in [2.45, 2.75) is 78.6 Å². The molecule has 1 aromatic heterocycles. The SMILES string of the molecule is CC(C)C[C@](C=O)(C(=O)c1ccccc1N)N(C(=O)[C@H](C)NC(=O)[C@@H](NC(=O)[C@@H](N)C(C)C)C(C)C)c1cccnc1. The van der Waals surface area contributed by atoms with Gasteiger partial charge < -0.3 is 26.9 Å². The number of ketones is 1. The average Bonchev–Trinajstić information content (AvgIpc) is 2.94. The fraction of sp³-hybridized carbons (Fsp3) is 0.484. The van der Waals surface area contributed by atoms with Crippen LogP contribution in [0.25, 0.3) is 0 Å². The highest BCUT2D eigenvalue weighted by Crippen LogP contribution is 2.33. The van der Waals surface area contributed by atoms with E-state index in [2.05, 4.69) is 15.6 Å². The Labute approximate surface area is 247 Å². The standard InChI is InChI=1S/C31H44N6O5/c1-18(2)15-31(17-38,27(39)23-12-8-9-13-24(23)32)37(22-11-10-14-34-16-22)30(42)21(7)35-29(41)26(20(5)6)36-28(40)25(33)19(3)4/h8-14,16-21,25-26H,15,32-33H2,1-7H3,(H,35,41)(H,36,40)/t21-,25-,26-,31-/m0/s1. The number of amides is 3. The molecule has 11 heteroatoms. The second-order valence-corrected chi connectivity index (χ2v) is 11.7. The lowest BCUT2D eigenvalue weighted by Crippen LogP contribution is -2.64. The Morgan fingerprint density at radius 1 is 0.929 bits per heavy atom. The zero-order valence-corrected chi connectivity index (χ0v) is 25.5. The van der Waals surface area contributed by atoms with Crippen molar-refractivity contribution in [2.75, 3.05) is 10.6 Å². The third kappa shape index (κ3) is 7.79. The molecule has 1 heterocycles. The highest BCUT2D eigenvalue weighted by atomic mass is 16.2. The lowest BCUT2D eigenvalue weighted by molar-refractivity contribution is -0.133. The summed E-state index contributed by atoms with van der Waals surface area (Å²) >= 11 is 0. The van der Waals surface area contributed by atoms with Crippen LogP contribution in [0.4, 0.5) is 11.4 Å². The third-order valence-corrected chi connectivity index (χ3v) is 7.03. The first-order valence-electron chi connectivity index (χ1n) is 14.1. The van der Waals surface area contributed by atoms with E-state index in [9.17, 15) is 24.0 Å². The molecule has 0 saturated heterocycles. The van der Waals surface area contributed by atoms with E-state index in [-0.39, 0.29) is 41.1 Å². The van der Waals surface area contributed by atoms with Crippen molar-refractivity contribution in [1.82, 2.24) is 15.6 Å². The zero-order chi connectivity index (χ0) is 31.8. The molecule has 0 radical (unpaired) electrons. The number of para-hydroxylation sites is 1. The molecule has 0 fully saturated rings. The van der Waals surface area contributed by atoms with E-state index in [0.29, 0.717) is 6.29 Å². The molecule has 1 aromatic carbocycles. The van der Waals surface area contributed by atoms with Crippen LogP contribution in [0.3, 0.4) is 0 Å².